The summed E-state index contributed by atoms with van der Waals surface area (Å²) in [7, 11) is 1.54. The Labute approximate surface area is 126 Å². The number of ether oxygens (including phenoxy) is 1. The number of benzene rings is 1. The summed E-state index contributed by atoms with van der Waals surface area (Å²) >= 11 is 0. The summed E-state index contributed by atoms with van der Waals surface area (Å²) < 4.78 is 5.17. The van der Waals surface area contributed by atoms with Gasteiger partial charge in [-0.05, 0) is 30.5 Å². The lowest BCUT2D eigenvalue weighted by atomic mass is 10.1. The molecule has 0 saturated heterocycles. The Bertz CT molecular complexity index is 521. The van der Waals surface area contributed by atoms with Crippen molar-refractivity contribution in [3.8, 4) is 11.8 Å². The Kier molecular flexibility index (Phi) is 6.70. The predicted molar refractivity (Wildman–Crippen MR) is 81.9 cm³/mol. The van der Waals surface area contributed by atoms with Gasteiger partial charge < -0.3 is 15.4 Å². The molecule has 1 aromatic carbocycles. The third kappa shape index (κ3) is 5.44. The third-order valence-corrected chi connectivity index (χ3v) is 3.08. The maximum absolute atomic E-state index is 11.9. The summed E-state index contributed by atoms with van der Waals surface area (Å²) in [6.07, 6.45) is 0. The van der Waals surface area contributed by atoms with Gasteiger partial charge in [-0.15, -0.1) is 0 Å². The number of methoxy groups -OCH3 is 1. The molecule has 1 unspecified atom stereocenters. The summed E-state index contributed by atoms with van der Waals surface area (Å²) in [6.45, 7) is 7.16. The van der Waals surface area contributed by atoms with E-state index in [-0.39, 0.29) is 11.9 Å². The second kappa shape index (κ2) is 8.28. The quantitative estimate of drug-likeness (QED) is 0.803. The van der Waals surface area contributed by atoms with Gasteiger partial charge in [-0.25, -0.2) is 0 Å². The lowest BCUT2D eigenvalue weighted by Gasteiger charge is -2.15. The van der Waals surface area contributed by atoms with Crippen LogP contribution in [0.15, 0.2) is 18.2 Å². The maximum Gasteiger partial charge on any atom is 0.236 e. The van der Waals surface area contributed by atoms with Crippen molar-refractivity contribution in [1.82, 2.24) is 10.6 Å². The number of hydrogen-bond acceptors (Lipinski definition) is 4. The highest BCUT2D eigenvalue weighted by Gasteiger charge is 2.12. The molecule has 0 aromatic heterocycles. The number of carbonyl (C=O) groups excluding carboxylic acids is 1. The third-order valence-electron chi connectivity index (χ3n) is 3.08. The van der Waals surface area contributed by atoms with E-state index >= 15 is 0 Å². The van der Waals surface area contributed by atoms with Gasteiger partial charge in [0.25, 0.3) is 0 Å². The smallest absolute Gasteiger partial charge is 0.236 e. The van der Waals surface area contributed by atoms with E-state index in [0.717, 1.165) is 5.56 Å². The zero-order valence-corrected chi connectivity index (χ0v) is 13.1. The van der Waals surface area contributed by atoms with Gasteiger partial charge in [0.2, 0.25) is 5.91 Å². The minimum atomic E-state index is -0.273. The van der Waals surface area contributed by atoms with E-state index in [1.807, 2.05) is 19.1 Å². The minimum absolute atomic E-state index is 0.00990. The summed E-state index contributed by atoms with van der Waals surface area (Å²) in [6, 6.07) is 7.19. The average molecular weight is 289 g/mol. The van der Waals surface area contributed by atoms with E-state index in [4.69, 9.17) is 10.00 Å². The van der Waals surface area contributed by atoms with Crippen molar-refractivity contribution in [1.29, 1.82) is 5.26 Å². The first-order chi connectivity index (χ1) is 9.97. The molecule has 114 valence electrons. The van der Waals surface area contributed by atoms with Crippen LogP contribution in [0, 0.1) is 17.2 Å². The highest BCUT2D eigenvalue weighted by molar-refractivity contribution is 5.81. The number of rotatable bonds is 7. The Hall–Kier alpha value is -2.06. The lowest BCUT2D eigenvalue weighted by Crippen LogP contribution is -2.42. The summed E-state index contributed by atoms with van der Waals surface area (Å²) in [5.41, 5.74) is 1.47. The number of nitrogens with zero attached hydrogens (tertiary/aromatic N) is 1. The number of carbonyl (C=O) groups is 1. The predicted octanol–water partition coefficient (Wildman–Crippen LogP) is 1.82. The van der Waals surface area contributed by atoms with Gasteiger partial charge in [0.15, 0.2) is 0 Å². The van der Waals surface area contributed by atoms with E-state index in [1.54, 1.807) is 6.07 Å². The molecular weight excluding hydrogens is 266 g/mol. The molecule has 1 aromatic rings. The lowest BCUT2D eigenvalue weighted by molar-refractivity contribution is -0.122. The molecule has 0 aliphatic rings. The van der Waals surface area contributed by atoms with E-state index < -0.39 is 0 Å². The Morgan fingerprint density at radius 2 is 2.10 bits per heavy atom. The van der Waals surface area contributed by atoms with Crippen LogP contribution in [-0.2, 0) is 11.3 Å². The van der Waals surface area contributed by atoms with Crippen LogP contribution in [0.25, 0.3) is 0 Å². The van der Waals surface area contributed by atoms with Crippen molar-refractivity contribution in [2.24, 2.45) is 5.92 Å². The topological polar surface area (TPSA) is 74.2 Å². The normalized spacial score (nSPS) is 11.8. The Morgan fingerprint density at radius 3 is 2.67 bits per heavy atom. The highest BCUT2D eigenvalue weighted by atomic mass is 16.5. The van der Waals surface area contributed by atoms with Gasteiger partial charge in [-0.2, -0.15) is 5.26 Å². The molecule has 5 nitrogen and oxygen atoms in total. The average Bonchev–Trinajstić information content (AvgIpc) is 2.49. The molecule has 1 rings (SSSR count). The first-order valence-electron chi connectivity index (χ1n) is 7.06. The zero-order chi connectivity index (χ0) is 15.8. The molecule has 0 bridgehead atoms. The molecule has 0 aliphatic heterocycles. The van der Waals surface area contributed by atoms with Crippen molar-refractivity contribution < 1.29 is 9.53 Å². The second-order valence-corrected chi connectivity index (χ2v) is 5.39. The first-order valence-corrected chi connectivity index (χ1v) is 7.06. The molecule has 0 saturated carbocycles. The largest absolute Gasteiger partial charge is 0.495 e. The van der Waals surface area contributed by atoms with Gasteiger partial charge in [0, 0.05) is 13.1 Å². The molecule has 0 heterocycles. The van der Waals surface area contributed by atoms with Crippen LogP contribution in [0.2, 0.25) is 0 Å². The van der Waals surface area contributed by atoms with Gasteiger partial charge in [0.1, 0.15) is 11.8 Å². The second-order valence-electron chi connectivity index (χ2n) is 5.39. The Balaban J connectivity index is 2.55. The van der Waals surface area contributed by atoms with Crippen LogP contribution in [0.4, 0.5) is 0 Å². The summed E-state index contributed by atoms with van der Waals surface area (Å²) in [5.74, 6) is 0.974. The molecule has 0 radical (unpaired) electrons. The molecule has 5 heteroatoms. The summed E-state index contributed by atoms with van der Waals surface area (Å²) in [5, 5.41) is 15.0. The zero-order valence-electron chi connectivity index (χ0n) is 13.1. The number of nitrogens with one attached hydrogen (secondary N) is 2. The van der Waals surface area contributed by atoms with Crippen LogP contribution in [0.1, 0.15) is 31.9 Å². The van der Waals surface area contributed by atoms with Gasteiger partial charge in [0.05, 0.1) is 18.7 Å². The maximum atomic E-state index is 11.9. The number of amides is 1. The molecule has 1 atom stereocenters. The first kappa shape index (κ1) is 17.0. The van der Waals surface area contributed by atoms with Gasteiger partial charge >= 0.3 is 0 Å². The molecule has 0 fully saturated rings. The number of nitriles is 1. The molecule has 21 heavy (non-hydrogen) atoms. The van der Waals surface area contributed by atoms with Crippen LogP contribution in [0.5, 0.6) is 5.75 Å². The van der Waals surface area contributed by atoms with Crippen molar-refractivity contribution in [3.63, 3.8) is 0 Å². The molecule has 0 spiro atoms. The Morgan fingerprint density at radius 1 is 1.38 bits per heavy atom. The van der Waals surface area contributed by atoms with Gasteiger partial charge in [-0.3, -0.25) is 4.79 Å². The van der Waals surface area contributed by atoms with E-state index in [0.29, 0.717) is 30.3 Å². The highest BCUT2D eigenvalue weighted by Crippen LogP contribution is 2.19. The summed E-state index contributed by atoms with van der Waals surface area (Å²) in [4.78, 5) is 11.9. The van der Waals surface area contributed by atoms with Crippen LogP contribution < -0.4 is 15.4 Å². The van der Waals surface area contributed by atoms with Crippen molar-refractivity contribution >= 4 is 5.91 Å². The molecular formula is C16H23N3O2. The van der Waals surface area contributed by atoms with Crippen LogP contribution >= 0.6 is 0 Å². The minimum Gasteiger partial charge on any atom is -0.495 e. The fraction of sp³-hybridized carbons (Fsp3) is 0.500. The van der Waals surface area contributed by atoms with E-state index in [1.165, 1.54) is 7.11 Å². The van der Waals surface area contributed by atoms with Crippen LogP contribution in [-0.4, -0.2) is 25.6 Å². The van der Waals surface area contributed by atoms with E-state index in [2.05, 4.69) is 30.6 Å². The molecule has 0 aliphatic carbocycles. The molecule has 2 N–H and O–H groups in total. The fourth-order valence-corrected chi connectivity index (χ4v) is 1.76. The number of hydrogen-bond donors (Lipinski definition) is 2. The van der Waals surface area contributed by atoms with E-state index in [9.17, 15) is 4.79 Å². The van der Waals surface area contributed by atoms with Crippen molar-refractivity contribution in [2.45, 2.75) is 33.4 Å². The SMILES string of the molecule is COc1cc(CNC(C)C(=O)NCC(C)C)ccc1C#N. The monoisotopic (exact) mass is 289 g/mol. The van der Waals surface area contributed by atoms with Crippen molar-refractivity contribution in [2.75, 3.05) is 13.7 Å². The standard InChI is InChI=1S/C16H23N3O2/c1-11(2)9-19-16(20)12(3)18-10-13-5-6-14(8-17)15(7-13)21-4/h5-7,11-12,18H,9-10H2,1-4H3,(H,19,20). The fourth-order valence-electron chi connectivity index (χ4n) is 1.76. The van der Waals surface area contributed by atoms with Crippen LogP contribution in [0.3, 0.4) is 0 Å². The van der Waals surface area contributed by atoms with Gasteiger partial charge in [-0.1, -0.05) is 19.9 Å². The molecule has 1 amide bonds. The van der Waals surface area contributed by atoms with Crippen molar-refractivity contribution in [3.05, 3.63) is 29.3 Å².